The molecule has 5 nitrogen and oxygen atoms in total. The van der Waals surface area contributed by atoms with Crippen LogP contribution >= 0.6 is 11.8 Å². The summed E-state index contributed by atoms with van der Waals surface area (Å²) in [7, 11) is 0. The Labute approximate surface area is 180 Å². The Morgan fingerprint density at radius 1 is 0.933 bits per heavy atom. The number of aryl methyl sites for hydroxylation is 1. The first-order chi connectivity index (χ1) is 14.8. The predicted octanol–water partition coefficient (Wildman–Crippen LogP) is 5.32. The van der Waals surface area contributed by atoms with Gasteiger partial charge in [-0.1, -0.05) is 66.4 Å². The molecule has 4 aromatic rings. The summed E-state index contributed by atoms with van der Waals surface area (Å²) >= 11 is 1.55. The molecule has 0 atom stereocenters. The van der Waals surface area contributed by atoms with E-state index in [1.807, 2.05) is 90.4 Å². The van der Waals surface area contributed by atoms with Crippen molar-refractivity contribution in [3.63, 3.8) is 0 Å². The number of hydrogen-bond donors (Lipinski definition) is 0. The minimum atomic E-state index is 0.308. The second kappa shape index (κ2) is 9.29. The quantitative estimate of drug-likeness (QED) is 0.385. The van der Waals surface area contributed by atoms with Crippen LogP contribution in [0.2, 0.25) is 0 Å². The van der Waals surface area contributed by atoms with Crippen molar-refractivity contribution in [1.82, 2.24) is 14.8 Å². The lowest BCUT2D eigenvalue weighted by Crippen LogP contribution is -2.07. The fraction of sp³-hybridized carbons (Fsp3) is 0.125. The molecule has 0 N–H and O–H groups in total. The van der Waals surface area contributed by atoms with E-state index in [4.69, 9.17) is 4.74 Å². The molecule has 0 aliphatic rings. The van der Waals surface area contributed by atoms with E-state index in [0.717, 1.165) is 33.5 Å². The Morgan fingerprint density at radius 2 is 1.67 bits per heavy atom. The number of nitrogens with zero attached hydrogens (tertiary/aromatic N) is 4. The SMILES string of the molecule is Cc1ccccc1OCc1nnc(SCc2ccccc2C#N)n1-c1ccccc1. The van der Waals surface area contributed by atoms with E-state index in [1.165, 1.54) is 0 Å². The van der Waals surface area contributed by atoms with Crippen molar-refractivity contribution in [2.24, 2.45) is 0 Å². The van der Waals surface area contributed by atoms with Gasteiger partial charge in [0.15, 0.2) is 11.0 Å². The molecular formula is C24H20N4OS. The molecule has 0 aliphatic carbocycles. The van der Waals surface area contributed by atoms with Crippen LogP contribution in [0, 0.1) is 18.3 Å². The summed E-state index contributed by atoms with van der Waals surface area (Å²) in [5.41, 5.74) is 3.71. The van der Waals surface area contributed by atoms with E-state index < -0.39 is 0 Å². The fourth-order valence-electron chi connectivity index (χ4n) is 3.08. The van der Waals surface area contributed by atoms with E-state index in [1.54, 1.807) is 11.8 Å². The van der Waals surface area contributed by atoms with Gasteiger partial charge in [-0.05, 0) is 42.3 Å². The third-order valence-electron chi connectivity index (χ3n) is 4.66. The van der Waals surface area contributed by atoms with Crippen LogP contribution in [-0.4, -0.2) is 14.8 Å². The maximum Gasteiger partial charge on any atom is 0.196 e. The van der Waals surface area contributed by atoms with Crippen LogP contribution < -0.4 is 4.74 Å². The minimum absolute atomic E-state index is 0.308. The number of nitriles is 1. The molecule has 1 heterocycles. The highest BCUT2D eigenvalue weighted by Crippen LogP contribution is 2.27. The first kappa shape index (κ1) is 19.7. The van der Waals surface area contributed by atoms with Gasteiger partial charge in [-0.25, -0.2) is 0 Å². The second-order valence-electron chi connectivity index (χ2n) is 6.68. The maximum absolute atomic E-state index is 9.34. The topological polar surface area (TPSA) is 63.7 Å². The van der Waals surface area contributed by atoms with Crippen LogP contribution in [0.25, 0.3) is 5.69 Å². The largest absolute Gasteiger partial charge is 0.485 e. The van der Waals surface area contributed by atoms with E-state index in [0.29, 0.717) is 17.9 Å². The number of thioether (sulfide) groups is 1. The molecule has 0 aliphatic heterocycles. The minimum Gasteiger partial charge on any atom is -0.485 e. The summed E-state index contributed by atoms with van der Waals surface area (Å²) in [4.78, 5) is 0. The van der Waals surface area contributed by atoms with Gasteiger partial charge in [0.1, 0.15) is 12.4 Å². The zero-order chi connectivity index (χ0) is 20.8. The molecule has 1 aromatic heterocycles. The summed E-state index contributed by atoms with van der Waals surface area (Å²) < 4.78 is 8.03. The smallest absolute Gasteiger partial charge is 0.196 e. The second-order valence-corrected chi connectivity index (χ2v) is 7.62. The molecule has 0 unspecified atom stereocenters. The van der Waals surface area contributed by atoms with Gasteiger partial charge in [-0.15, -0.1) is 10.2 Å². The number of para-hydroxylation sites is 2. The van der Waals surface area contributed by atoms with Crippen molar-refractivity contribution in [3.8, 4) is 17.5 Å². The van der Waals surface area contributed by atoms with Crippen LogP contribution in [-0.2, 0) is 12.4 Å². The van der Waals surface area contributed by atoms with Gasteiger partial charge < -0.3 is 4.74 Å². The Bertz CT molecular complexity index is 1180. The molecule has 0 radical (unpaired) electrons. The molecule has 4 rings (SSSR count). The van der Waals surface area contributed by atoms with E-state index in [2.05, 4.69) is 16.3 Å². The monoisotopic (exact) mass is 412 g/mol. The average molecular weight is 413 g/mol. The first-order valence-corrected chi connectivity index (χ1v) is 10.5. The highest BCUT2D eigenvalue weighted by molar-refractivity contribution is 7.98. The molecule has 30 heavy (non-hydrogen) atoms. The average Bonchev–Trinajstić information content (AvgIpc) is 3.20. The Morgan fingerprint density at radius 3 is 2.47 bits per heavy atom. The van der Waals surface area contributed by atoms with Crippen LogP contribution in [0.15, 0.2) is 84.0 Å². The summed E-state index contributed by atoms with van der Waals surface area (Å²) in [5.74, 6) is 2.19. The van der Waals surface area contributed by atoms with Gasteiger partial charge in [-0.3, -0.25) is 4.57 Å². The zero-order valence-corrected chi connectivity index (χ0v) is 17.3. The van der Waals surface area contributed by atoms with Crippen molar-refractivity contribution < 1.29 is 4.74 Å². The van der Waals surface area contributed by atoms with Crippen LogP contribution in [0.1, 0.15) is 22.5 Å². The number of benzene rings is 3. The molecule has 6 heteroatoms. The normalized spacial score (nSPS) is 10.5. The summed E-state index contributed by atoms with van der Waals surface area (Å²) in [5, 5.41) is 18.9. The lowest BCUT2D eigenvalue weighted by atomic mass is 10.1. The molecule has 0 bridgehead atoms. The van der Waals surface area contributed by atoms with Crippen molar-refractivity contribution in [2.75, 3.05) is 0 Å². The standard InChI is InChI=1S/C24H20N4OS/c1-18-9-5-8-14-22(18)29-16-23-26-27-24(28(23)21-12-3-2-4-13-21)30-17-20-11-7-6-10-19(20)15-25/h2-14H,16-17H2,1H3. The fourth-order valence-corrected chi connectivity index (χ4v) is 4.06. The van der Waals surface area contributed by atoms with E-state index in [9.17, 15) is 5.26 Å². The highest BCUT2D eigenvalue weighted by Gasteiger charge is 2.16. The summed E-state index contributed by atoms with van der Waals surface area (Å²) in [6.45, 7) is 2.33. The van der Waals surface area contributed by atoms with E-state index >= 15 is 0 Å². The molecule has 3 aromatic carbocycles. The molecule has 0 amide bonds. The van der Waals surface area contributed by atoms with E-state index in [-0.39, 0.29) is 0 Å². The Hall–Kier alpha value is -3.56. The summed E-state index contributed by atoms with van der Waals surface area (Å²) in [6, 6.07) is 27.8. The number of hydrogen-bond acceptors (Lipinski definition) is 5. The van der Waals surface area contributed by atoms with Gasteiger partial charge in [-0.2, -0.15) is 5.26 Å². The van der Waals surface area contributed by atoms with Crippen LogP contribution in [0.5, 0.6) is 5.75 Å². The maximum atomic E-state index is 9.34. The van der Waals surface area contributed by atoms with Crippen molar-refractivity contribution in [1.29, 1.82) is 5.26 Å². The first-order valence-electron chi connectivity index (χ1n) is 9.55. The Balaban J connectivity index is 1.61. The van der Waals surface area contributed by atoms with Gasteiger partial charge in [0.25, 0.3) is 0 Å². The molecule has 148 valence electrons. The number of aromatic nitrogens is 3. The number of ether oxygens (including phenoxy) is 1. The van der Waals surface area contributed by atoms with Crippen molar-refractivity contribution in [2.45, 2.75) is 24.4 Å². The molecule has 0 fully saturated rings. The molecule has 0 spiro atoms. The van der Waals surface area contributed by atoms with Gasteiger partial charge in [0.2, 0.25) is 0 Å². The lowest BCUT2D eigenvalue weighted by molar-refractivity contribution is 0.291. The van der Waals surface area contributed by atoms with Gasteiger partial charge in [0.05, 0.1) is 11.6 Å². The highest BCUT2D eigenvalue weighted by atomic mass is 32.2. The Kier molecular flexibility index (Phi) is 6.11. The van der Waals surface area contributed by atoms with Crippen molar-refractivity contribution in [3.05, 3.63) is 101 Å². The summed E-state index contributed by atoms with van der Waals surface area (Å²) in [6.07, 6.45) is 0. The van der Waals surface area contributed by atoms with Gasteiger partial charge >= 0.3 is 0 Å². The molecule has 0 saturated heterocycles. The van der Waals surface area contributed by atoms with Crippen LogP contribution in [0.4, 0.5) is 0 Å². The zero-order valence-electron chi connectivity index (χ0n) is 16.5. The van der Waals surface area contributed by atoms with Gasteiger partial charge in [0, 0.05) is 11.4 Å². The van der Waals surface area contributed by atoms with Crippen molar-refractivity contribution >= 4 is 11.8 Å². The van der Waals surface area contributed by atoms with Crippen LogP contribution in [0.3, 0.4) is 0 Å². The third kappa shape index (κ3) is 4.37. The third-order valence-corrected chi connectivity index (χ3v) is 5.64. The lowest BCUT2D eigenvalue weighted by Gasteiger charge is -2.12. The number of rotatable bonds is 7. The predicted molar refractivity (Wildman–Crippen MR) is 118 cm³/mol. The molecule has 0 saturated carbocycles. The molecular weight excluding hydrogens is 392 g/mol.